The molecule has 5 nitrogen and oxygen atoms in total. The first kappa shape index (κ1) is 17.6. The van der Waals surface area contributed by atoms with Gasteiger partial charge in [-0.15, -0.1) is 6.58 Å². The van der Waals surface area contributed by atoms with Crippen molar-refractivity contribution in [3.05, 3.63) is 30.1 Å². The molecule has 1 aromatic heterocycles. The molecule has 1 rings (SSSR count). The van der Waals surface area contributed by atoms with Gasteiger partial charge in [-0.25, -0.2) is 0 Å². The van der Waals surface area contributed by atoms with Gasteiger partial charge in [0.1, 0.15) is 0 Å². The fourth-order valence-corrected chi connectivity index (χ4v) is 2.55. The van der Waals surface area contributed by atoms with E-state index in [9.17, 15) is 0 Å². The summed E-state index contributed by atoms with van der Waals surface area (Å²) in [5.74, 6) is 2.91. The maximum atomic E-state index is 4.46. The third kappa shape index (κ3) is 7.22. The number of hydrogen-bond donors (Lipinski definition) is 2. The van der Waals surface area contributed by atoms with Crippen LogP contribution in [-0.2, 0) is 6.54 Å². The Labute approximate surface area is 132 Å². The lowest BCUT2D eigenvalue weighted by Crippen LogP contribution is -2.39. The van der Waals surface area contributed by atoms with Gasteiger partial charge in [-0.1, -0.05) is 6.08 Å². The number of aryl methyl sites for hydroxylation is 3. The second-order valence-corrected chi connectivity index (χ2v) is 5.94. The molecule has 21 heavy (non-hydrogen) atoms. The van der Waals surface area contributed by atoms with Crippen molar-refractivity contribution >= 4 is 17.7 Å². The number of aliphatic imine (C=N–C) groups is 1. The molecule has 1 aromatic rings. The second-order valence-electron chi connectivity index (χ2n) is 4.79. The SMILES string of the molecule is C=CCSCCNC(=NC)NCCCn1nc(C)cc1C. The predicted octanol–water partition coefficient (Wildman–Crippen LogP) is 1.97. The molecular weight excluding hydrogens is 282 g/mol. The van der Waals surface area contributed by atoms with E-state index in [2.05, 4.69) is 45.0 Å². The summed E-state index contributed by atoms with van der Waals surface area (Å²) >= 11 is 1.86. The number of rotatable bonds is 9. The number of hydrogen-bond acceptors (Lipinski definition) is 3. The highest BCUT2D eigenvalue weighted by Crippen LogP contribution is 2.02. The van der Waals surface area contributed by atoms with Gasteiger partial charge in [-0.2, -0.15) is 16.9 Å². The summed E-state index contributed by atoms with van der Waals surface area (Å²) in [5.41, 5.74) is 2.30. The van der Waals surface area contributed by atoms with Crippen LogP contribution in [0.15, 0.2) is 23.7 Å². The Kier molecular flexibility index (Phi) is 8.66. The van der Waals surface area contributed by atoms with E-state index in [1.807, 2.05) is 24.8 Å². The van der Waals surface area contributed by atoms with Crippen LogP contribution in [0.1, 0.15) is 17.8 Å². The molecule has 0 saturated heterocycles. The zero-order chi connectivity index (χ0) is 15.5. The Hall–Kier alpha value is -1.43. The third-order valence-electron chi connectivity index (χ3n) is 2.94. The molecule has 0 unspecified atom stereocenters. The molecule has 0 atom stereocenters. The molecule has 6 heteroatoms. The summed E-state index contributed by atoms with van der Waals surface area (Å²) < 4.78 is 2.05. The highest BCUT2D eigenvalue weighted by molar-refractivity contribution is 7.99. The van der Waals surface area contributed by atoms with E-state index in [0.29, 0.717) is 0 Å². The van der Waals surface area contributed by atoms with Crippen LogP contribution >= 0.6 is 11.8 Å². The molecule has 0 radical (unpaired) electrons. The molecule has 0 saturated carbocycles. The van der Waals surface area contributed by atoms with Crippen molar-refractivity contribution in [1.29, 1.82) is 0 Å². The first-order chi connectivity index (χ1) is 10.2. The van der Waals surface area contributed by atoms with E-state index < -0.39 is 0 Å². The number of nitrogens with one attached hydrogen (secondary N) is 2. The van der Waals surface area contributed by atoms with Crippen LogP contribution in [-0.4, -0.2) is 47.4 Å². The highest BCUT2D eigenvalue weighted by Gasteiger charge is 2.01. The van der Waals surface area contributed by atoms with Gasteiger partial charge in [0.25, 0.3) is 0 Å². The number of aromatic nitrogens is 2. The molecule has 0 aromatic carbocycles. The van der Waals surface area contributed by atoms with Crippen molar-refractivity contribution in [1.82, 2.24) is 20.4 Å². The lowest BCUT2D eigenvalue weighted by Gasteiger charge is -2.11. The van der Waals surface area contributed by atoms with E-state index in [1.54, 1.807) is 7.05 Å². The maximum Gasteiger partial charge on any atom is 0.191 e. The van der Waals surface area contributed by atoms with Gasteiger partial charge >= 0.3 is 0 Å². The van der Waals surface area contributed by atoms with Gasteiger partial charge in [-0.05, 0) is 26.3 Å². The molecule has 0 amide bonds. The first-order valence-corrected chi connectivity index (χ1v) is 8.47. The van der Waals surface area contributed by atoms with Crippen LogP contribution < -0.4 is 10.6 Å². The lowest BCUT2D eigenvalue weighted by atomic mass is 10.4. The highest BCUT2D eigenvalue weighted by atomic mass is 32.2. The maximum absolute atomic E-state index is 4.46. The third-order valence-corrected chi connectivity index (χ3v) is 3.90. The zero-order valence-corrected chi connectivity index (χ0v) is 14.2. The standard InChI is InChI=1S/C15H27N5S/c1-5-10-21-11-8-18-15(16-4)17-7-6-9-20-14(3)12-13(2)19-20/h5,12H,1,6-11H2,2-4H3,(H2,16,17,18). The molecule has 0 fully saturated rings. The Morgan fingerprint density at radius 3 is 2.81 bits per heavy atom. The normalized spacial score (nSPS) is 11.5. The molecule has 1 heterocycles. The number of thioether (sulfide) groups is 1. The minimum absolute atomic E-state index is 0.863. The molecule has 0 aliphatic heterocycles. The minimum atomic E-state index is 0.863. The first-order valence-electron chi connectivity index (χ1n) is 7.31. The number of nitrogens with zero attached hydrogens (tertiary/aromatic N) is 3. The monoisotopic (exact) mass is 309 g/mol. The Morgan fingerprint density at radius 1 is 1.43 bits per heavy atom. The Bertz CT molecular complexity index is 453. The Balaban J connectivity index is 2.14. The fourth-order valence-electron chi connectivity index (χ4n) is 1.97. The van der Waals surface area contributed by atoms with Gasteiger partial charge in [0.2, 0.25) is 0 Å². The van der Waals surface area contributed by atoms with E-state index in [-0.39, 0.29) is 0 Å². The van der Waals surface area contributed by atoms with Crippen molar-refractivity contribution in [3.63, 3.8) is 0 Å². The average molecular weight is 309 g/mol. The molecule has 0 aliphatic carbocycles. The smallest absolute Gasteiger partial charge is 0.191 e. The van der Waals surface area contributed by atoms with Crippen molar-refractivity contribution < 1.29 is 0 Å². The minimum Gasteiger partial charge on any atom is -0.356 e. The van der Waals surface area contributed by atoms with Gasteiger partial charge in [0.15, 0.2) is 5.96 Å². The topological polar surface area (TPSA) is 54.2 Å². The summed E-state index contributed by atoms with van der Waals surface area (Å²) in [7, 11) is 1.80. The summed E-state index contributed by atoms with van der Waals surface area (Å²) in [6, 6.07) is 2.11. The Morgan fingerprint density at radius 2 is 2.19 bits per heavy atom. The molecule has 2 N–H and O–H groups in total. The van der Waals surface area contributed by atoms with Crippen LogP contribution in [0.4, 0.5) is 0 Å². The van der Waals surface area contributed by atoms with Gasteiger partial charge in [0.05, 0.1) is 5.69 Å². The van der Waals surface area contributed by atoms with E-state index in [1.165, 1.54) is 5.69 Å². The van der Waals surface area contributed by atoms with Crippen molar-refractivity contribution in [2.24, 2.45) is 4.99 Å². The predicted molar refractivity (Wildman–Crippen MR) is 93.2 cm³/mol. The fraction of sp³-hybridized carbons (Fsp3) is 0.600. The second kappa shape index (κ2) is 10.3. The van der Waals surface area contributed by atoms with Crippen LogP contribution in [0.25, 0.3) is 0 Å². The van der Waals surface area contributed by atoms with Crippen LogP contribution in [0.5, 0.6) is 0 Å². The van der Waals surface area contributed by atoms with E-state index >= 15 is 0 Å². The van der Waals surface area contributed by atoms with Gasteiger partial charge in [-0.3, -0.25) is 9.67 Å². The van der Waals surface area contributed by atoms with Crippen LogP contribution in [0, 0.1) is 13.8 Å². The summed E-state index contributed by atoms with van der Waals surface area (Å²) in [6.45, 7) is 10.6. The summed E-state index contributed by atoms with van der Waals surface area (Å²) in [6.07, 6.45) is 2.95. The average Bonchev–Trinajstić information content (AvgIpc) is 2.79. The van der Waals surface area contributed by atoms with Gasteiger partial charge < -0.3 is 10.6 Å². The lowest BCUT2D eigenvalue weighted by molar-refractivity contribution is 0.555. The quantitative estimate of drug-likeness (QED) is 0.317. The largest absolute Gasteiger partial charge is 0.356 e. The molecule has 118 valence electrons. The number of guanidine groups is 1. The van der Waals surface area contributed by atoms with E-state index in [4.69, 9.17) is 0 Å². The zero-order valence-electron chi connectivity index (χ0n) is 13.4. The summed E-state index contributed by atoms with van der Waals surface area (Å²) in [5, 5.41) is 11.1. The summed E-state index contributed by atoms with van der Waals surface area (Å²) in [4.78, 5) is 4.21. The van der Waals surface area contributed by atoms with Gasteiger partial charge in [0, 0.05) is 43.9 Å². The van der Waals surface area contributed by atoms with E-state index in [0.717, 1.165) is 49.2 Å². The van der Waals surface area contributed by atoms with Crippen molar-refractivity contribution in [2.75, 3.05) is 31.6 Å². The van der Waals surface area contributed by atoms with Crippen LogP contribution in [0.3, 0.4) is 0 Å². The molecule has 0 aliphatic rings. The molecule has 0 bridgehead atoms. The van der Waals surface area contributed by atoms with Crippen LogP contribution in [0.2, 0.25) is 0 Å². The molecular formula is C15H27N5S. The molecule has 0 spiro atoms. The van der Waals surface area contributed by atoms with Crippen molar-refractivity contribution in [2.45, 2.75) is 26.8 Å². The van der Waals surface area contributed by atoms with Crippen molar-refractivity contribution in [3.8, 4) is 0 Å².